The van der Waals surface area contributed by atoms with E-state index in [-0.39, 0.29) is 24.4 Å². The van der Waals surface area contributed by atoms with Crippen molar-refractivity contribution in [1.82, 2.24) is 14.5 Å². The first-order chi connectivity index (χ1) is 8.34. The molecule has 0 saturated carbocycles. The predicted octanol–water partition coefficient (Wildman–Crippen LogP) is 1.60. The molecular formula is C11H17N3O3S. The molecule has 18 heavy (non-hydrogen) atoms. The average Bonchev–Trinajstić information content (AvgIpc) is 2.73. The molecule has 1 heterocycles. The molecule has 0 radical (unpaired) electrons. The van der Waals surface area contributed by atoms with E-state index in [1.807, 2.05) is 13.8 Å². The molecule has 0 aromatic carbocycles. The summed E-state index contributed by atoms with van der Waals surface area (Å²) < 4.78 is 3.78. The maximum atomic E-state index is 12.3. The molecule has 0 saturated heterocycles. The van der Waals surface area contributed by atoms with E-state index in [0.29, 0.717) is 10.6 Å². The van der Waals surface area contributed by atoms with Gasteiger partial charge in [0.15, 0.2) is 0 Å². The van der Waals surface area contributed by atoms with Crippen molar-refractivity contribution in [2.24, 2.45) is 0 Å². The Labute approximate surface area is 110 Å². The lowest BCUT2D eigenvalue weighted by molar-refractivity contribution is -0.138. The van der Waals surface area contributed by atoms with E-state index >= 15 is 0 Å². The average molecular weight is 271 g/mol. The van der Waals surface area contributed by atoms with E-state index in [1.54, 1.807) is 13.8 Å². The third kappa shape index (κ3) is 3.25. The van der Waals surface area contributed by atoms with Crippen LogP contribution in [0.1, 0.15) is 49.0 Å². The van der Waals surface area contributed by atoms with Crippen LogP contribution >= 0.6 is 11.5 Å². The lowest BCUT2D eigenvalue weighted by Crippen LogP contribution is -2.40. The molecule has 7 heteroatoms. The summed E-state index contributed by atoms with van der Waals surface area (Å²) in [5.74, 6) is -1.26. The van der Waals surface area contributed by atoms with E-state index in [2.05, 4.69) is 9.59 Å². The van der Waals surface area contributed by atoms with Gasteiger partial charge in [-0.15, -0.1) is 5.10 Å². The number of rotatable bonds is 5. The third-order valence-electron chi connectivity index (χ3n) is 2.44. The second-order valence-corrected chi connectivity index (χ2v) is 5.32. The topological polar surface area (TPSA) is 83.4 Å². The largest absolute Gasteiger partial charge is 0.480 e. The van der Waals surface area contributed by atoms with Gasteiger partial charge >= 0.3 is 5.97 Å². The molecule has 0 bridgehead atoms. The predicted molar refractivity (Wildman–Crippen MR) is 67.8 cm³/mol. The summed E-state index contributed by atoms with van der Waals surface area (Å²) in [6, 6.07) is -0.185. The summed E-state index contributed by atoms with van der Waals surface area (Å²) in [5, 5.41) is 12.8. The molecular weight excluding hydrogens is 254 g/mol. The Morgan fingerprint density at radius 2 is 1.94 bits per heavy atom. The van der Waals surface area contributed by atoms with Crippen molar-refractivity contribution in [1.29, 1.82) is 0 Å². The number of carbonyl (C=O) groups is 2. The first-order valence-electron chi connectivity index (χ1n) is 5.69. The smallest absolute Gasteiger partial charge is 0.323 e. The van der Waals surface area contributed by atoms with Gasteiger partial charge in [0.2, 0.25) is 0 Å². The Kier molecular flexibility index (Phi) is 4.77. The van der Waals surface area contributed by atoms with Crippen molar-refractivity contribution in [3.05, 3.63) is 10.6 Å². The zero-order valence-electron chi connectivity index (χ0n) is 10.9. The Morgan fingerprint density at radius 1 is 1.33 bits per heavy atom. The molecule has 1 N–H and O–H groups in total. The van der Waals surface area contributed by atoms with Crippen LogP contribution in [0.3, 0.4) is 0 Å². The Bertz CT molecular complexity index is 442. The highest BCUT2D eigenvalue weighted by Crippen LogP contribution is 2.22. The lowest BCUT2D eigenvalue weighted by Gasteiger charge is -2.24. The van der Waals surface area contributed by atoms with Crippen LogP contribution in [-0.4, -0.2) is 44.1 Å². The molecule has 1 rings (SSSR count). The number of aromatic nitrogens is 2. The summed E-state index contributed by atoms with van der Waals surface area (Å²) in [4.78, 5) is 24.8. The van der Waals surface area contributed by atoms with E-state index in [0.717, 1.165) is 11.5 Å². The highest BCUT2D eigenvalue weighted by atomic mass is 32.1. The summed E-state index contributed by atoms with van der Waals surface area (Å²) in [5.41, 5.74) is 0.626. The Balaban J connectivity index is 3.02. The maximum Gasteiger partial charge on any atom is 0.323 e. The standard InChI is InChI=1S/C11H17N3O3S/c1-6(2)9-10(18-13-12-9)11(17)14(7(3)4)5-8(15)16/h6-7H,5H2,1-4H3,(H,15,16). The number of carbonyl (C=O) groups excluding carboxylic acids is 1. The van der Waals surface area contributed by atoms with E-state index in [1.165, 1.54) is 4.90 Å². The molecule has 1 aromatic rings. The van der Waals surface area contributed by atoms with Crippen LogP contribution in [-0.2, 0) is 4.79 Å². The molecule has 0 aliphatic rings. The van der Waals surface area contributed by atoms with E-state index in [9.17, 15) is 9.59 Å². The fourth-order valence-electron chi connectivity index (χ4n) is 1.49. The number of carboxylic acid groups (broad SMARTS) is 1. The van der Waals surface area contributed by atoms with Gasteiger partial charge in [0, 0.05) is 6.04 Å². The monoisotopic (exact) mass is 271 g/mol. The molecule has 0 spiro atoms. The number of nitrogens with zero attached hydrogens (tertiary/aromatic N) is 3. The van der Waals surface area contributed by atoms with Crippen molar-refractivity contribution >= 4 is 23.4 Å². The van der Waals surface area contributed by atoms with Gasteiger partial charge in [-0.05, 0) is 31.3 Å². The van der Waals surface area contributed by atoms with Crippen molar-refractivity contribution in [3.63, 3.8) is 0 Å². The van der Waals surface area contributed by atoms with Crippen molar-refractivity contribution < 1.29 is 14.7 Å². The summed E-state index contributed by atoms with van der Waals surface area (Å²) >= 11 is 1.01. The van der Waals surface area contributed by atoms with Gasteiger partial charge in [-0.25, -0.2) is 0 Å². The maximum absolute atomic E-state index is 12.3. The third-order valence-corrected chi connectivity index (χ3v) is 3.17. The lowest BCUT2D eigenvalue weighted by atomic mass is 10.1. The fourth-order valence-corrected chi connectivity index (χ4v) is 2.26. The molecule has 1 aromatic heterocycles. The van der Waals surface area contributed by atoms with E-state index in [4.69, 9.17) is 5.11 Å². The fraction of sp³-hybridized carbons (Fsp3) is 0.636. The van der Waals surface area contributed by atoms with Crippen LogP contribution in [0.15, 0.2) is 0 Å². The zero-order chi connectivity index (χ0) is 13.9. The van der Waals surface area contributed by atoms with Crippen LogP contribution in [0.2, 0.25) is 0 Å². The summed E-state index contributed by atoms with van der Waals surface area (Å²) in [6.45, 7) is 7.09. The summed E-state index contributed by atoms with van der Waals surface area (Å²) in [6.07, 6.45) is 0. The molecule has 0 fully saturated rings. The van der Waals surface area contributed by atoms with Gasteiger partial charge in [0.25, 0.3) is 5.91 Å². The highest BCUT2D eigenvalue weighted by molar-refractivity contribution is 7.08. The minimum Gasteiger partial charge on any atom is -0.480 e. The first kappa shape index (κ1) is 14.6. The quantitative estimate of drug-likeness (QED) is 0.879. The molecule has 100 valence electrons. The van der Waals surface area contributed by atoms with Gasteiger partial charge in [-0.2, -0.15) is 0 Å². The molecule has 6 nitrogen and oxygen atoms in total. The van der Waals surface area contributed by atoms with Gasteiger partial charge in [-0.3, -0.25) is 9.59 Å². The van der Waals surface area contributed by atoms with Crippen LogP contribution in [0.4, 0.5) is 0 Å². The summed E-state index contributed by atoms with van der Waals surface area (Å²) in [7, 11) is 0. The number of carboxylic acids is 1. The van der Waals surface area contributed by atoms with Crippen molar-refractivity contribution in [2.75, 3.05) is 6.54 Å². The van der Waals surface area contributed by atoms with Crippen molar-refractivity contribution in [3.8, 4) is 0 Å². The molecule has 0 unspecified atom stereocenters. The number of hydrogen-bond acceptors (Lipinski definition) is 5. The first-order valence-corrected chi connectivity index (χ1v) is 6.47. The normalized spacial score (nSPS) is 11.0. The second kappa shape index (κ2) is 5.90. The van der Waals surface area contributed by atoms with E-state index < -0.39 is 5.97 Å². The Morgan fingerprint density at radius 3 is 2.39 bits per heavy atom. The molecule has 0 atom stereocenters. The minimum absolute atomic E-state index is 0.0848. The molecule has 0 aliphatic heterocycles. The molecule has 1 amide bonds. The van der Waals surface area contributed by atoms with Crippen molar-refractivity contribution in [2.45, 2.75) is 39.7 Å². The van der Waals surface area contributed by atoms with Crippen LogP contribution < -0.4 is 0 Å². The van der Waals surface area contributed by atoms with Gasteiger partial charge in [-0.1, -0.05) is 18.3 Å². The zero-order valence-corrected chi connectivity index (χ0v) is 11.7. The van der Waals surface area contributed by atoms with Gasteiger partial charge in [0.05, 0.1) is 5.69 Å². The van der Waals surface area contributed by atoms with Crippen LogP contribution in [0.5, 0.6) is 0 Å². The number of hydrogen-bond donors (Lipinski definition) is 1. The minimum atomic E-state index is -1.03. The van der Waals surface area contributed by atoms with Crippen LogP contribution in [0, 0.1) is 0 Å². The Hall–Kier alpha value is -1.50. The molecule has 0 aliphatic carbocycles. The highest BCUT2D eigenvalue weighted by Gasteiger charge is 2.26. The second-order valence-electron chi connectivity index (χ2n) is 4.56. The van der Waals surface area contributed by atoms with Crippen LogP contribution in [0.25, 0.3) is 0 Å². The van der Waals surface area contributed by atoms with Gasteiger partial charge in [0.1, 0.15) is 11.4 Å². The number of aliphatic carboxylic acids is 1. The van der Waals surface area contributed by atoms with Gasteiger partial charge < -0.3 is 10.0 Å². The SMILES string of the molecule is CC(C)c1nnsc1C(=O)N(CC(=O)O)C(C)C. The number of amides is 1.